The van der Waals surface area contributed by atoms with Crippen molar-refractivity contribution in [2.75, 3.05) is 16.4 Å². The van der Waals surface area contributed by atoms with Gasteiger partial charge in [0.2, 0.25) is 10.0 Å². The number of rotatable bonds is 8. The lowest BCUT2D eigenvalue weighted by Crippen LogP contribution is -2.17. The van der Waals surface area contributed by atoms with Gasteiger partial charge in [-0.1, -0.05) is 31.9 Å². The highest BCUT2D eigenvalue weighted by Crippen LogP contribution is 2.13. The fourth-order valence-electron chi connectivity index (χ4n) is 1.65. The van der Waals surface area contributed by atoms with Gasteiger partial charge in [0.15, 0.2) is 0 Å². The number of hydrogen-bond acceptors (Lipinski definition) is 2. The number of sulfonamides is 1. The Kier molecular flexibility index (Phi) is 6.50. The van der Waals surface area contributed by atoms with E-state index < -0.39 is 10.0 Å². The van der Waals surface area contributed by atoms with E-state index in [1.54, 1.807) is 12.1 Å². The fourth-order valence-corrected chi connectivity index (χ4v) is 3.06. The van der Waals surface area contributed by atoms with Gasteiger partial charge in [0.05, 0.1) is 5.75 Å². The van der Waals surface area contributed by atoms with E-state index in [1.807, 2.05) is 12.1 Å². The van der Waals surface area contributed by atoms with Crippen LogP contribution in [0.25, 0.3) is 0 Å². The van der Waals surface area contributed by atoms with Crippen LogP contribution < -0.4 is 4.72 Å². The molecule has 0 saturated heterocycles. The van der Waals surface area contributed by atoms with E-state index in [9.17, 15) is 8.42 Å². The zero-order valence-electron chi connectivity index (χ0n) is 10.7. The highest BCUT2D eigenvalue weighted by Gasteiger charge is 2.08. The van der Waals surface area contributed by atoms with Crippen molar-refractivity contribution in [1.82, 2.24) is 0 Å². The third-order valence-electron chi connectivity index (χ3n) is 2.64. The number of unbranched alkanes of at least 4 members (excludes halogenated alkanes) is 2. The van der Waals surface area contributed by atoms with E-state index in [4.69, 9.17) is 11.6 Å². The van der Waals surface area contributed by atoms with Gasteiger partial charge in [0.1, 0.15) is 0 Å². The molecule has 18 heavy (non-hydrogen) atoms. The number of hydrogen-bond donors (Lipinski definition) is 1. The van der Waals surface area contributed by atoms with E-state index in [2.05, 4.69) is 11.6 Å². The Morgan fingerprint density at radius 2 is 1.83 bits per heavy atom. The summed E-state index contributed by atoms with van der Waals surface area (Å²) in [6, 6.07) is 7.53. The molecule has 102 valence electrons. The largest absolute Gasteiger partial charge is 0.284 e. The van der Waals surface area contributed by atoms with Crippen molar-refractivity contribution in [2.24, 2.45) is 0 Å². The van der Waals surface area contributed by atoms with Gasteiger partial charge in [-0.15, -0.1) is 11.6 Å². The van der Waals surface area contributed by atoms with Crippen LogP contribution in [0, 0.1) is 0 Å². The molecular weight excluding hydrogens is 270 g/mol. The van der Waals surface area contributed by atoms with Crippen LogP contribution in [0.4, 0.5) is 5.69 Å². The molecule has 1 aromatic carbocycles. The van der Waals surface area contributed by atoms with Crippen molar-refractivity contribution in [3.63, 3.8) is 0 Å². The molecule has 0 aliphatic rings. The second-order valence-corrected chi connectivity index (χ2v) is 6.48. The predicted octanol–water partition coefficient (Wildman–Crippen LogP) is 3.40. The van der Waals surface area contributed by atoms with Gasteiger partial charge >= 0.3 is 0 Å². The summed E-state index contributed by atoms with van der Waals surface area (Å²) in [5.41, 5.74) is 1.84. The smallest absolute Gasteiger partial charge is 0.233 e. The maximum Gasteiger partial charge on any atom is 0.233 e. The zero-order chi connectivity index (χ0) is 13.4. The minimum absolute atomic E-state index is 0.0627. The van der Waals surface area contributed by atoms with Crippen LogP contribution in [0.5, 0.6) is 0 Å². The zero-order valence-corrected chi connectivity index (χ0v) is 12.2. The topological polar surface area (TPSA) is 46.2 Å². The first-order valence-electron chi connectivity index (χ1n) is 6.23. The normalized spacial score (nSPS) is 11.4. The third kappa shape index (κ3) is 5.74. The van der Waals surface area contributed by atoms with E-state index in [0.29, 0.717) is 5.69 Å². The second-order valence-electron chi connectivity index (χ2n) is 4.26. The number of alkyl halides is 1. The Morgan fingerprint density at radius 3 is 2.39 bits per heavy atom. The molecule has 1 N–H and O–H groups in total. The van der Waals surface area contributed by atoms with Crippen LogP contribution in [0.15, 0.2) is 24.3 Å². The van der Waals surface area contributed by atoms with E-state index in [0.717, 1.165) is 6.42 Å². The summed E-state index contributed by atoms with van der Waals surface area (Å²) in [5.74, 6) is 0.0389. The van der Waals surface area contributed by atoms with E-state index >= 15 is 0 Å². The fraction of sp³-hybridized carbons (Fsp3) is 0.538. The number of anilines is 1. The van der Waals surface area contributed by atoms with Crippen molar-refractivity contribution in [3.8, 4) is 0 Å². The van der Waals surface area contributed by atoms with E-state index in [-0.39, 0.29) is 11.6 Å². The molecule has 0 fully saturated rings. The minimum Gasteiger partial charge on any atom is -0.284 e. The summed E-state index contributed by atoms with van der Waals surface area (Å²) >= 11 is 5.43. The molecule has 0 radical (unpaired) electrons. The van der Waals surface area contributed by atoms with Crippen molar-refractivity contribution < 1.29 is 8.42 Å². The Balaban J connectivity index is 2.55. The Morgan fingerprint density at radius 1 is 1.17 bits per heavy atom. The molecule has 0 bridgehead atoms. The van der Waals surface area contributed by atoms with Crippen molar-refractivity contribution in [3.05, 3.63) is 29.8 Å². The Bertz CT molecular complexity index is 443. The molecule has 0 saturated carbocycles. The van der Waals surface area contributed by atoms with Crippen LogP contribution in [0.1, 0.15) is 31.7 Å². The minimum atomic E-state index is -3.30. The molecule has 1 aromatic rings. The van der Waals surface area contributed by atoms with E-state index in [1.165, 1.54) is 24.8 Å². The summed E-state index contributed by atoms with van der Waals surface area (Å²) < 4.78 is 25.5. The highest BCUT2D eigenvalue weighted by molar-refractivity contribution is 7.92. The Hall–Kier alpha value is -0.740. The van der Waals surface area contributed by atoms with Gasteiger partial charge < -0.3 is 0 Å². The van der Waals surface area contributed by atoms with Crippen LogP contribution in [-0.4, -0.2) is 20.1 Å². The standard InChI is InChI=1S/C13H20ClNO2S/c1-2-3-4-5-12-6-8-13(9-7-12)15-18(16,17)11-10-14/h6-9,15H,2-5,10-11H2,1H3. The molecule has 0 aromatic heterocycles. The second kappa shape index (κ2) is 7.64. The van der Waals surface area contributed by atoms with Gasteiger partial charge in [0, 0.05) is 11.6 Å². The first-order valence-corrected chi connectivity index (χ1v) is 8.41. The lowest BCUT2D eigenvalue weighted by molar-refractivity contribution is 0.602. The molecule has 0 heterocycles. The molecule has 3 nitrogen and oxygen atoms in total. The molecule has 1 rings (SSSR count). The van der Waals surface area contributed by atoms with Gasteiger partial charge in [-0.2, -0.15) is 0 Å². The van der Waals surface area contributed by atoms with Crippen LogP contribution in [0.2, 0.25) is 0 Å². The first kappa shape index (κ1) is 15.3. The lowest BCUT2D eigenvalue weighted by atomic mass is 10.1. The van der Waals surface area contributed by atoms with Gasteiger partial charge in [0.25, 0.3) is 0 Å². The van der Waals surface area contributed by atoms with Crippen molar-refractivity contribution in [2.45, 2.75) is 32.6 Å². The average Bonchev–Trinajstić information content (AvgIpc) is 2.31. The number of aryl methyl sites for hydroxylation is 1. The SMILES string of the molecule is CCCCCc1ccc(NS(=O)(=O)CCCl)cc1. The van der Waals surface area contributed by atoms with Gasteiger partial charge in [-0.05, 0) is 30.5 Å². The predicted molar refractivity (Wildman–Crippen MR) is 77.8 cm³/mol. The van der Waals surface area contributed by atoms with Crippen LogP contribution in [-0.2, 0) is 16.4 Å². The maximum absolute atomic E-state index is 11.5. The number of nitrogens with one attached hydrogen (secondary N) is 1. The lowest BCUT2D eigenvalue weighted by Gasteiger charge is -2.07. The summed E-state index contributed by atoms with van der Waals surface area (Å²) in [5, 5.41) is 0. The molecule has 0 amide bonds. The highest BCUT2D eigenvalue weighted by atomic mass is 35.5. The number of benzene rings is 1. The summed E-state index contributed by atoms with van der Waals surface area (Å²) in [6.07, 6.45) is 4.65. The molecule has 0 unspecified atom stereocenters. The summed E-state index contributed by atoms with van der Waals surface area (Å²) in [7, 11) is -3.30. The van der Waals surface area contributed by atoms with Gasteiger partial charge in [-0.25, -0.2) is 8.42 Å². The van der Waals surface area contributed by atoms with Crippen LogP contribution in [0.3, 0.4) is 0 Å². The summed E-state index contributed by atoms with van der Waals surface area (Å²) in [4.78, 5) is 0. The average molecular weight is 290 g/mol. The van der Waals surface area contributed by atoms with Crippen LogP contribution >= 0.6 is 11.6 Å². The molecule has 0 aliphatic carbocycles. The maximum atomic E-state index is 11.5. The van der Waals surface area contributed by atoms with Gasteiger partial charge in [-0.3, -0.25) is 4.72 Å². The molecule has 5 heteroatoms. The summed E-state index contributed by atoms with van der Waals surface area (Å²) in [6.45, 7) is 2.18. The molecule has 0 spiro atoms. The first-order chi connectivity index (χ1) is 8.57. The Labute approximate surface area is 115 Å². The quantitative estimate of drug-likeness (QED) is 0.589. The molecule has 0 aliphatic heterocycles. The monoisotopic (exact) mass is 289 g/mol. The van der Waals surface area contributed by atoms with Crippen molar-refractivity contribution in [1.29, 1.82) is 0 Å². The molecule has 0 atom stereocenters. The molecular formula is C13H20ClNO2S. The third-order valence-corrected chi connectivity index (χ3v) is 4.34. The number of halogens is 1. The van der Waals surface area contributed by atoms with Crippen molar-refractivity contribution >= 4 is 27.3 Å².